The van der Waals surface area contributed by atoms with Crippen LogP contribution >= 0.6 is 0 Å². The number of hydrogen-bond donors (Lipinski definition) is 1. The van der Waals surface area contributed by atoms with Crippen LogP contribution in [-0.4, -0.2) is 43.6 Å². The molecule has 1 amide bonds. The fourth-order valence-electron chi connectivity index (χ4n) is 3.69. The van der Waals surface area contributed by atoms with Crippen LogP contribution in [0.2, 0.25) is 0 Å². The van der Waals surface area contributed by atoms with E-state index in [4.69, 9.17) is 4.74 Å². The molecule has 4 nitrogen and oxygen atoms in total. The minimum atomic E-state index is 0.327. The van der Waals surface area contributed by atoms with Crippen molar-refractivity contribution in [2.24, 2.45) is 5.92 Å². The van der Waals surface area contributed by atoms with Crippen LogP contribution < -0.4 is 10.1 Å². The van der Waals surface area contributed by atoms with Gasteiger partial charge in [-0.05, 0) is 49.9 Å². The number of amides is 1. The van der Waals surface area contributed by atoms with Gasteiger partial charge >= 0.3 is 0 Å². The van der Waals surface area contributed by atoms with Crippen LogP contribution in [0.1, 0.15) is 24.8 Å². The third-order valence-corrected chi connectivity index (χ3v) is 4.83. The number of rotatable bonds is 4. The van der Waals surface area contributed by atoms with Crippen LogP contribution in [0.15, 0.2) is 24.3 Å². The van der Waals surface area contributed by atoms with E-state index in [2.05, 4.69) is 16.3 Å². The van der Waals surface area contributed by atoms with Gasteiger partial charge < -0.3 is 15.0 Å². The number of piperidine rings is 2. The average Bonchev–Trinajstić information content (AvgIpc) is 2.54. The van der Waals surface area contributed by atoms with E-state index in [-0.39, 0.29) is 0 Å². The number of likely N-dealkylation sites (tertiary alicyclic amines) is 1. The number of nitrogens with one attached hydrogen (secondary N) is 1. The summed E-state index contributed by atoms with van der Waals surface area (Å²) in [6.07, 6.45) is 3.70. The van der Waals surface area contributed by atoms with Gasteiger partial charge in [0.2, 0.25) is 5.91 Å². The molecule has 2 aliphatic heterocycles. The van der Waals surface area contributed by atoms with Crippen molar-refractivity contribution in [3.63, 3.8) is 0 Å². The standard InChI is InChI=1S/C17H24N2O2/c1-21-16-5-3-2-4-13(16)9-11-19-15-8-10-18-12-14(15)6-7-17(19)20/h2-5,14-15,18H,6-12H2,1H3/t14-,15+/m1/s1. The molecule has 0 aromatic heterocycles. The van der Waals surface area contributed by atoms with E-state index in [1.165, 1.54) is 5.56 Å². The highest BCUT2D eigenvalue weighted by molar-refractivity contribution is 5.77. The van der Waals surface area contributed by atoms with Gasteiger partial charge in [0, 0.05) is 19.0 Å². The van der Waals surface area contributed by atoms with Gasteiger partial charge in [0.05, 0.1) is 7.11 Å². The lowest BCUT2D eigenvalue weighted by molar-refractivity contribution is -0.139. The van der Waals surface area contributed by atoms with Crippen LogP contribution in [-0.2, 0) is 11.2 Å². The normalized spacial score (nSPS) is 25.6. The first-order valence-corrected chi connectivity index (χ1v) is 7.91. The minimum absolute atomic E-state index is 0.327. The summed E-state index contributed by atoms with van der Waals surface area (Å²) in [5.74, 6) is 1.88. The SMILES string of the molecule is COc1ccccc1CCN1C(=O)CC[C@@H]2CNCC[C@@H]21. The molecule has 0 radical (unpaired) electrons. The van der Waals surface area contributed by atoms with Crippen LogP contribution in [0.3, 0.4) is 0 Å². The zero-order chi connectivity index (χ0) is 14.7. The van der Waals surface area contributed by atoms with Crippen molar-refractivity contribution in [3.05, 3.63) is 29.8 Å². The Morgan fingerprint density at radius 3 is 3.05 bits per heavy atom. The van der Waals surface area contributed by atoms with Gasteiger partial charge in [-0.1, -0.05) is 18.2 Å². The van der Waals surface area contributed by atoms with Crippen LogP contribution in [0.4, 0.5) is 0 Å². The molecule has 21 heavy (non-hydrogen) atoms. The third kappa shape index (κ3) is 3.05. The Kier molecular flexibility index (Phi) is 4.44. The van der Waals surface area contributed by atoms with Gasteiger partial charge in [0.1, 0.15) is 5.75 Å². The van der Waals surface area contributed by atoms with Crippen molar-refractivity contribution in [2.75, 3.05) is 26.7 Å². The Bertz CT molecular complexity index is 503. The number of carbonyl (C=O) groups excluding carboxylic acids is 1. The average molecular weight is 288 g/mol. The molecule has 1 aromatic carbocycles. The van der Waals surface area contributed by atoms with E-state index >= 15 is 0 Å². The zero-order valence-corrected chi connectivity index (χ0v) is 12.7. The molecule has 0 saturated carbocycles. The monoisotopic (exact) mass is 288 g/mol. The Hall–Kier alpha value is -1.55. The maximum absolute atomic E-state index is 12.3. The molecule has 1 N–H and O–H groups in total. The molecular weight excluding hydrogens is 264 g/mol. The van der Waals surface area contributed by atoms with Gasteiger partial charge in [-0.3, -0.25) is 4.79 Å². The first-order valence-electron chi connectivity index (χ1n) is 7.91. The topological polar surface area (TPSA) is 41.6 Å². The molecule has 2 atom stereocenters. The highest BCUT2D eigenvalue weighted by Crippen LogP contribution is 2.29. The molecule has 2 heterocycles. The summed E-state index contributed by atoms with van der Waals surface area (Å²) in [5, 5.41) is 3.45. The van der Waals surface area contributed by atoms with Crippen molar-refractivity contribution >= 4 is 5.91 Å². The maximum atomic E-state index is 12.3. The number of benzene rings is 1. The minimum Gasteiger partial charge on any atom is -0.496 e. The van der Waals surface area contributed by atoms with Crippen molar-refractivity contribution in [1.82, 2.24) is 10.2 Å². The number of fused-ring (bicyclic) bond motifs is 1. The number of nitrogens with zero attached hydrogens (tertiary/aromatic N) is 1. The maximum Gasteiger partial charge on any atom is 0.222 e. The van der Waals surface area contributed by atoms with E-state index in [0.29, 0.717) is 24.3 Å². The summed E-state index contributed by atoms with van der Waals surface area (Å²) in [7, 11) is 1.70. The summed E-state index contributed by atoms with van der Waals surface area (Å²) in [6, 6.07) is 8.52. The van der Waals surface area contributed by atoms with E-state index in [1.54, 1.807) is 7.11 Å². The summed E-state index contributed by atoms with van der Waals surface area (Å²) >= 11 is 0. The first kappa shape index (κ1) is 14.4. The quantitative estimate of drug-likeness (QED) is 0.919. The fourth-order valence-corrected chi connectivity index (χ4v) is 3.69. The van der Waals surface area contributed by atoms with Crippen molar-refractivity contribution in [2.45, 2.75) is 31.7 Å². The number of methoxy groups -OCH3 is 1. The first-order chi connectivity index (χ1) is 10.3. The Morgan fingerprint density at radius 2 is 2.19 bits per heavy atom. The summed E-state index contributed by atoms with van der Waals surface area (Å²) in [6.45, 7) is 2.89. The molecule has 0 spiro atoms. The number of hydrogen-bond acceptors (Lipinski definition) is 3. The summed E-state index contributed by atoms with van der Waals surface area (Å²) in [4.78, 5) is 14.4. The Balaban J connectivity index is 1.68. The van der Waals surface area contributed by atoms with E-state index in [9.17, 15) is 4.79 Å². The molecule has 1 aromatic rings. The second kappa shape index (κ2) is 6.48. The van der Waals surface area contributed by atoms with Gasteiger partial charge in [0.15, 0.2) is 0 Å². The predicted octanol–water partition coefficient (Wildman–Crippen LogP) is 1.84. The molecule has 2 saturated heterocycles. The molecule has 2 aliphatic rings. The summed E-state index contributed by atoms with van der Waals surface area (Å²) < 4.78 is 5.41. The second-order valence-corrected chi connectivity index (χ2v) is 6.01. The largest absolute Gasteiger partial charge is 0.496 e. The van der Waals surface area contributed by atoms with Gasteiger partial charge in [0.25, 0.3) is 0 Å². The van der Waals surface area contributed by atoms with Gasteiger partial charge in [-0.25, -0.2) is 0 Å². The molecule has 114 valence electrons. The van der Waals surface area contributed by atoms with E-state index in [1.807, 2.05) is 18.2 Å². The number of ether oxygens (including phenoxy) is 1. The number of carbonyl (C=O) groups is 1. The lowest BCUT2D eigenvalue weighted by Gasteiger charge is -2.44. The zero-order valence-electron chi connectivity index (χ0n) is 12.7. The van der Waals surface area contributed by atoms with Crippen LogP contribution in [0.5, 0.6) is 5.75 Å². The van der Waals surface area contributed by atoms with Crippen LogP contribution in [0, 0.1) is 5.92 Å². The van der Waals surface area contributed by atoms with Crippen LogP contribution in [0.25, 0.3) is 0 Å². The van der Waals surface area contributed by atoms with E-state index < -0.39 is 0 Å². The molecule has 4 heteroatoms. The van der Waals surface area contributed by atoms with Gasteiger partial charge in [-0.2, -0.15) is 0 Å². The van der Waals surface area contributed by atoms with Crippen molar-refractivity contribution in [3.8, 4) is 5.75 Å². The van der Waals surface area contributed by atoms with Gasteiger partial charge in [-0.15, -0.1) is 0 Å². The third-order valence-electron chi connectivity index (χ3n) is 4.83. The molecule has 0 unspecified atom stereocenters. The Morgan fingerprint density at radius 1 is 1.33 bits per heavy atom. The lowest BCUT2D eigenvalue weighted by atomic mass is 9.84. The molecular formula is C17H24N2O2. The molecule has 0 bridgehead atoms. The molecule has 0 aliphatic carbocycles. The Labute approximate surface area is 126 Å². The molecule has 2 fully saturated rings. The molecule has 3 rings (SSSR count). The predicted molar refractivity (Wildman–Crippen MR) is 82.4 cm³/mol. The highest BCUT2D eigenvalue weighted by atomic mass is 16.5. The number of para-hydroxylation sites is 1. The van der Waals surface area contributed by atoms with E-state index in [0.717, 1.165) is 44.6 Å². The smallest absolute Gasteiger partial charge is 0.222 e. The lowest BCUT2D eigenvalue weighted by Crippen LogP contribution is -2.55. The summed E-state index contributed by atoms with van der Waals surface area (Å²) in [5.41, 5.74) is 1.18. The second-order valence-electron chi connectivity index (χ2n) is 6.01. The highest BCUT2D eigenvalue weighted by Gasteiger charge is 2.36. The van der Waals surface area contributed by atoms with Crippen molar-refractivity contribution in [1.29, 1.82) is 0 Å². The van der Waals surface area contributed by atoms with Crippen molar-refractivity contribution < 1.29 is 9.53 Å². The fraction of sp³-hybridized carbons (Fsp3) is 0.588.